The van der Waals surface area contributed by atoms with Gasteiger partial charge < -0.3 is 5.32 Å². The molecule has 0 fully saturated rings. The summed E-state index contributed by atoms with van der Waals surface area (Å²) in [5.41, 5.74) is 1.70. The van der Waals surface area contributed by atoms with Crippen LogP contribution in [0.15, 0.2) is 42.6 Å². The number of rotatable bonds is 6. The van der Waals surface area contributed by atoms with E-state index in [-0.39, 0.29) is 5.91 Å². The fraction of sp³-hybridized carbons (Fsp3) is 0.200. The Bertz CT molecular complexity index is 588. The predicted molar refractivity (Wildman–Crippen MR) is 88.7 cm³/mol. The summed E-state index contributed by atoms with van der Waals surface area (Å²) >= 11 is 13.6. The van der Waals surface area contributed by atoms with Crippen molar-refractivity contribution in [1.82, 2.24) is 10.3 Å². The number of hydrogen-bond donors (Lipinski definition) is 1. The number of nitrogens with zero attached hydrogens (tertiary/aromatic N) is 1. The van der Waals surface area contributed by atoms with Crippen LogP contribution in [0.4, 0.5) is 0 Å². The van der Waals surface area contributed by atoms with Crippen LogP contribution < -0.4 is 5.32 Å². The number of benzene rings is 1. The van der Waals surface area contributed by atoms with Gasteiger partial charge in [0, 0.05) is 22.0 Å². The van der Waals surface area contributed by atoms with Crippen LogP contribution in [0.1, 0.15) is 11.3 Å². The zero-order chi connectivity index (χ0) is 15.1. The topological polar surface area (TPSA) is 42.0 Å². The molecule has 0 bridgehead atoms. The summed E-state index contributed by atoms with van der Waals surface area (Å²) in [6.07, 6.45) is 1.70. The maximum atomic E-state index is 11.8. The minimum Gasteiger partial charge on any atom is -0.350 e. The lowest BCUT2D eigenvalue weighted by molar-refractivity contribution is -0.118. The largest absolute Gasteiger partial charge is 0.350 e. The molecule has 0 atom stereocenters. The Labute approximate surface area is 138 Å². The number of thioether (sulfide) groups is 1. The van der Waals surface area contributed by atoms with Gasteiger partial charge in [-0.1, -0.05) is 35.3 Å². The monoisotopic (exact) mass is 340 g/mol. The van der Waals surface area contributed by atoms with Gasteiger partial charge in [0.25, 0.3) is 0 Å². The molecule has 2 aromatic rings. The molecular weight excluding hydrogens is 327 g/mol. The summed E-state index contributed by atoms with van der Waals surface area (Å²) in [5.74, 6) is 0.929. The normalized spacial score (nSPS) is 10.4. The van der Waals surface area contributed by atoms with Gasteiger partial charge in [0.05, 0.1) is 18.0 Å². The summed E-state index contributed by atoms with van der Waals surface area (Å²) in [5, 5.41) is 4.08. The minimum atomic E-state index is -0.0335. The SMILES string of the molecule is O=C(CSCc1c(Cl)cccc1Cl)NCc1ccccn1. The maximum absolute atomic E-state index is 11.8. The van der Waals surface area contributed by atoms with Crippen molar-refractivity contribution in [3.8, 4) is 0 Å². The van der Waals surface area contributed by atoms with E-state index in [1.165, 1.54) is 11.8 Å². The molecule has 6 heteroatoms. The number of pyridine rings is 1. The first kappa shape index (κ1) is 16.1. The van der Waals surface area contributed by atoms with Crippen LogP contribution in [0.3, 0.4) is 0 Å². The van der Waals surface area contributed by atoms with E-state index in [2.05, 4.69) is 10.3 Å². The van der Waals surface area contributed by atoms with Crippen LogP contribution in [0.25, 0.3) is 0 Å². The summed E-state index contributed by atoms with van der Waals surface area (Å²) in [7, 11) is 0. The minimum absolute atomic E-state index is 0.0335. The van der Waals surface area contributed by atoms with Gasteiger partial charge in [0.2, 0.25) is 5.91 Å². The van der Waals surface area contributed by atoms with E-state index in [4.69, 9.17) is 23.2 Å². The van der Waals surface area contributed by atoms with Crippen molar-refractivity contribution in [3.63, 3.8) is 0 Å². The van der Waals surface area contributed by atoms with Gasteiger partial charge in [-0.3, -0.25) is 9.78 Å². The van der Waals surface area contributed by atoms with Crippen LogP contribution >= 0.6 is 35.0 Å². The summed E-state index contributed by atoms with van der Waals surface area (Å²) in [4.78, 5) is 15.9. The van der Waals surface area contributed by atoms with Crippen molar-refractivity contribution in [2.24, 2.45) is 0 Å². The lowest BCUT2D eigenvalue weighted by atomic mass is 10.2. The molecule has 21 heavy (non-hydrogen) atoms. The number of hydrogen-bond acceptors (Lipinski definition) is 3. The highest BCUT2D eigenvalue weighted by atomic mass is 35.5. The third-order valence-corrected chi connectivity index (χ3v) is 4.40. The van der Waals surface area contributed by atoms with E-state index in [9.17, 15) is 4.79 Å². The third-order valence-electron chi connectivity index (χ3n) is 2.73. The fourth-order valence-electron chi connectivity index (χ4n) is 1.66. The molecule has 0 aliphatic rings. The number of halogens is 2. The van der Waals surface area contributed by atoms with Crippen molar-refractivity contribution in [2.45, 2.75) is 12.3 Å². The molecule has 1 heterocycles. The van der Waals surface area contributed by atoms with Crippen LogP contribution in [-0.4, -0.2) is 16.6 Å². The average molecular weight is 341 g/mol. The van der Waals surface area contributed by atoms with Crippen molar-refractivity contribution in [3.05, 3.63) is 63.9 Å². The summed E-state index contributed by atoms with van der Waals surface area (Å²) in [6.45, 7) is 0.438. The second kappa shape index (κ2) is 8.27. The Morgan fingerprint density at radius 3 is 2.57 bits per heavy atom. The van der Waals surface area contributed by atoms with Crippen molar-refractivity contribution < 1.29 is 4.79 Å². The van der Waals surface area contributed by atoms with Gasteiger partial charge in [-0.25, -0.2) is 0 Å². The molecule has 2 rings (SSSR count). The highest BCUT2D eigenvalue weighted by Crippen LogP contribution is 2.28. The first-order chi connectivity index (χ1) is 10.2. The van der Waals surface area contributed by atoms with E-state index in [0.29, 0.717) is 28.1 Å². The third kappa shape index (κ3) is 5.23. The fourth-order valence-corrected chi connectivity index (χ4v) is 3.25. The Balaban J connectivity index is 1.75. The Kier molecular flexibility index (Phi) is 6.36. The molecule has 1 amide bonds. The smallest absolute Gasteiger partial charge is 0.230 e. The maximum Gasteiger partial charge on any atom is 0.230 e. The lowest BCUT2D eigenvalue weighted by Gasteiger charge is -2.07. The number of carbonyl (C=O) groups is 1. The van der Waals surface area contributed by atoms with Crippen molar-refractivity contribution in [1.29, 1.82) is 0 Å². The lowest BCUT2D eigenvalue weighted by Crippen LogP contribution is -2.25. The molecule has 0 aliphatic heterocycles. The van der Waals surface area contributed by atoms with Gasteiger partial charge in [-0.2, -0.15) is 0 Å². The van der Waals surface area contributed by atoms with Gasteiger partial charge >= 0.3 is 0 Å². The average Bonchev–Trinajstić information content (AvgIpc) is 2.49. The zero-order valence-corrected chi connectivity index (χ0v) is 13.5. The number of aromatic nitrogens is 1. The van der Waals surface area contributed by atoms with Crippen LogP contribution in [0, 0.1) is 0 Å². The molecule has 1 aromatic carbocycles. The van der Waals surface area contributed by atoms with Crippen molar-refractivity contribution in [2.75, 3.05) is 5.75 Å². The number of amides is 1. The quantitative estimate of drug-likeness (QED) is 0.865. The predicted octanol–water partition coefficient (Wildman–Crippen LogP) is 3.94. The zero-order valence-electron chi connectivity index (χ0n) is 11.2. The number of nitrogens with one attached hydrogen (secondary N) is 1. The molecule has 0 aliphatic carbocycles. The van der Waals surface area contributed by atoms with E-state index >= 15 is 0 Å². The van der Waals surface area contributed by atoms with Crippen LogP contribution in [0.2, 0.25) is 10.0 Å². The molecule has 1 aromatic heterocycles. The van der Waals surface area contributed by atoms with Crippen LogP contribution in [-0.2, 0) is 17.1 Å². The summed E-state index contributed by atoms with van der Waals surface area (Å²) in [6, 6.07) is 11.0. The highest BCUT2D eigenvalue weighted by molar-refractivity contribution is 7.99. The van der Waals surface area contributed by atoms with E-state index in [0.717, 1.165) is 11.3 Å². The first-order valence-corrected chi connectivity index (χ1v) is 8.25. The molecule has 3 nitrogen and oxygen atoms in total. The highest BCUT2D eigenvalue weighted by Gasteiger charge is 2.07. The van der Waals surface area contributed by atoms with Gasteiger partial charge in [0.1, 0.15) is 0 Å². The standard InChI is InChI=1S/C15H14Cl2N2OS/c16-13-5-3-6-14(17)12(13)9-21-10-15(20)19-8-11-4-1-2-7-18-11/h1-7H,8-10H2,(H,19,20). The van der Waals surface area contributed by atoms with Gasteiger partial charge in [-0.15, -0.1) is 11.8 Å². The molecule has 0 unspecified atom stereocenters. The molecule has 0 radical (unpaired) electrons. The Morgan fingerprint density at radius 1 is 1.14 bits per heavy atom. The molecule has 1 N–H and O–H groups in total. The molecule has 110 valence electrons. The molecule has 0 saturated carbocycles. The summed E-state index contributed by atoms with van der Waals surface area (Å²) < 4.78 is 0. The Hall–Kier alpha value is -1.23. The molecule has 0 saturated heterocycles. The Morgan fingerprint density at radius 2 is 1.90 bits per heavy atom. The first-order valence-electron chi connectivity index (χ1n) is 6.34. The molecule has 0 spiro atoms. The molecular formula is C15H14Cl2N2OS. The van der Waals surface area contributed by atoms with E-state index < -0.39 is 0 Å². The van der Waals surface area contributed by atoms with Crippen LogP contribution in [0.5, 0.6) is 0 Å². The van der Waals surface area contributed by atoms with Gasteiger partial charge in [0.15, 0.2) is 0 Å². The van der Waals surface area contributed by atoms with E-state index in [1.54, 1.807) is 24.4 Å². The number of carbonyl (C=O) groups excluding carboxylic acids is 1. The van der Waals surface area contributed by atoms with Gasteiger partial charge in [-0.05, 0) is 29.8 Å². The second-order valence-corrected chi connectivity index (χ2v) is 6.09. The van der Waals surface area contributed by atoms with E-state index in [1.807, 2.05) is 18.2 Å². The second-order valence-electron chi connectivity index (χ2n) is 4.29. The van der Waals surface area contributed by atoms with Crippen molar-refractivity contribution >= 4 is 40.9 Å².